The van der Waals surface area contributed by atoms with Crippen LogP contribution in [0.1, 0.15) is 16.9 Å². The van der Waals surface area contributed by atoms with Crippen molar-refractivity contribution < 1.29 is 27.4 Å². The third kappa shape index (κ3) is 4.86. The van der Waals surface area contributed by atoms with Crippen LogP contribution in [-0.4, -0.2) is 16.1 Å². The van der Waals surface area contributed by atoms with Crippen molar-refractivity contribution in [3.05, 3.63) is 85.6 Å². The van der Waals surface area contributed by atoms with Gasteiger partial charge in [-0.15, -0.1) is 0 Å². The predicted octanol–water partition coefficient (Wildman–Crippen LogP) is 5.54. The van der Waals surface area contributed by atoms with Crippen LogP contribution in [0.15, 0.2) is 58.0 Å². The molecule has 9 nitrogen and oxygen atoms in total. The molecule has 2 aromatic carbocycles. The van der Waals surface area contributed by atoms with Crippen LogP contribution in [0.25, 0.3) is 11.3 Å². The lowest BCUT2D eigenvalue weighted by Crippen LogP contribution is -2.06. The molecule has 0 fully saturated rings. The van der Waals surface area contributed by atoms with Gasteiger partial charge in [0.25, 0.3) is 11.4 Å². The predicted molar refractivity (Wildman–Crippen MR) is 105 cm³/mol. The lowest BCUT2D eigenvalue weighted by Gasteiger charge is -2.08. The standard InChI is InChI=1S/C19H13F3N4O5/c1-11-2-3-12(8-16(11)25(27)28)18-7-5-14(31-18)10-23-24-15-6-4-13(19(20,21)22)9-17(15)26(29)30/h2-10,24H,1H3/b23-10-. The van der Waals surface area contributed by atoms with Gasteiger partial charge in [-0.05, 0) is 31.2 Å². The van der Waals surface area contributed by atoms with Crippen molar-refractivity contribution in [3.63, 3.8) is 0 Å². The Hall–Kier alpha value is -4.22. The summed E-state index contributed by atoms with van der Waals surface area (Å²) in [6.45, 7) is 1.61. The second kappa shape index (κ2) is 8.26. The molecule has 3 rings (SSSR count). The Morgan fingerprint density at radius 1 is 1.00 bits per heavy atom. The summed E-state index contributed by atoms with van der Waals surface area (Å²) >= 11 is 0. The minimum absolute atomic E-state index is 0.0691. The van der Waals surface area contributed by atoms with Gasteiger partial charge >= 0.3 is 6.18 Å². The highest BCUT2D eigenvalue weighted by Crippen LogP contribution is 2.35. The van der Waals surface area contributed by atoms with E-state index < -0.39 is 27.3 Å². The summed E-state index contributed by atoms with van der Waals surface area (Å²) in [6, 6.07) is 9.65. The number of rotatable bonds is 6. The number of aryl methyl sites for hydroxylation is 1. The fraction of sp³-hybridized carbons (Fsp3) is 0.105. The summed E-state index contributed by atoms with van der Waals surface area (Å²) < 4.78 is 43.8. The van der Waals surface area contributed by atoms with Gasteiger partial charge in [0.1, 0.15) is 17.2 Å². The summed E-state index contributed by atoms with van der Waals surface area (Å²) in [5.41, 5.74) is 1.01. The fourth-order valence-electron chi connectivity index (χ4n) is 2.66. The number of halogens is 3. The molecule has 0 radical (unpaired) electrons. The van der Waals surface area contributed by atoms with Gasteiger partial charge < -0.3 is 4.42 Å². The lowest BCUT2D eigenvalue weighted by molar-refractivity contribution is -0.385. The van der Waals surface area contributed by atoms with E-state index in [1.807, 2.05) is 0 Å². The van der Waals surface area contributed by atoms with E-state index in [-0.39, 0.29) is 17.1 Å². The minimum Gasteiger partial charge on any atom is -0.455 e. The van der Waals surface area contributed by atoms with E-state index in [1.165, 1.54) is 12.1 Å². The number of nitrogens with zero attached hydrogens (tertiary/aromatic N) is 3. The molecule has 0 aliphatic carbocycles. The molecule has 1 N–H and O–H groups in total. The first-order valence-corrected chi connectivity index (χ1v) is 8.56. The Labute approximate surface area is 172 Å². The van der Waals surface area contributed by atoms with Crippen molar-refractivity contribution in [1.29, 1.82) is 0 Å². The zero-order valence-corrected chi connectivity index (χ0v) is 15.7. The van der Waals surface area contributed by atoms with Gasteiger partial charge in [0, 0.05) is 23.3 Å². The van der Waals surface area contributed by atoms with Crippen LogP contribution < -0.4 is 5.43 Å². The lowest BCUT2D eigenvalue weighted by atomic mass is 10.1. The fourth-order valence-corrected chi connectivity index (χ4v) is 2.66. The highest BCUT2D eigenvalue weighted by atomic mass is 19.4. The number of anilines is 1. The first kappa shape index (κ1) is 21.5. The van der Waals surface area contributed by atoms with E-state index >= 15 is 0 Å². The van der Waals surface area contributed by atoms with Crippen molar-refractivity contribution in [3.8, 4) is 11.3 Å². The molecule has 0 amide bonds. The second-order valence-corrected chi connectivity index (χ2v) is 6.32. The molecule has 0 spiro atoms. The molecular formula is C19H13F3N4O5. The van der Waals surface area contributed by atoms with E-state index in [2.05, 4.69) is 10.5 Å². The largest absolute Gasteiger partial charge is 0.455 e. The SMILES string of the molecule is Cc1ccc(-c2ccc(/C=N\Nc3ccc(C(F)(F)F)cc3[N+](=O)[O-])o2)cc1[N+](=O)[O-]. The number of nitro benzene ring substituents is 2. The summed E-state index contributed by atoms with van der Waals surface area (Å²) in [6.07, 6.45) is -3.56. The summed E-state index contributed by atoms with van der Waals surface area (Å²) in [5.74, 6) is 0.533. The summed E-state index contributed by atoms with van der Waals surface area (Å²) in [4.78, 5) is 20.7. The molecule has 0 aliphatic rings. The third-order valence-corrected chi connectivity index (χ3v) is 4.22. The van der Waals surface area contributed by atoms with Gasteiger partial charge in [-0.2, -0.15) is 18.3 Å². The zero-order valence-electron chi connectivity index (χ0n) is 15.7. The van der Waals surface area contributed by atoms with Crippen LogP contribution in [0.3, 0.4) is 0 Å². The van der Waals surface area contributed by atoms with Crippen molar-refractivity contribution in [2.45, 2.75) is 13.1 Å². The molecule has 0 bridgehead atoms. The maximum atomic E-state index is 12.7. The number of hydrazone groups is 1. The van der Waals surface area contributed by atoms with Crippen LogP contribution in [0.5, 0.6) is 0 Å². The van der Waals surface area contributed by atoms with Crippen LogP contribution in [0.4, 0.5) is 30.2 Å². The average molecular weight is 434 g/mol. The Balaban J connectivity index is 1.79. The number of furan rings is 1. The number of alkyl halides is 3. The van der Waals surface area contributed by atoms with E-state index in [1.54, 1.807) is 25.1 Å². The van der Waals surface area contributed by atoms with Crippen LogP contribution in [0, 0.1) is 27.2 Å². The maximum absolute atomic E-state index is 12.7. The molecule has 31 heavy (non-hydrogen) atoms. The average Bonchev–Trinajstić information content (AvgIpc) is 3.16. The number of hydrogen-bond donors (Lipinski definition) is 1. The van der Waals surface area contributed by atoms with Crippen LogP contribution >= 0.6 is 0 Å². The molecule has 160 valence electrons. The van der Waals surface area contributed by atoms with Crippen molar-refractivity contribution in [2.75, 3.05) is 5.43 Å². The Morgan fingerprint density at radius 2 is 1.71 bits per heavy atom. The maximum Gasteiger partial charge on any atom is 0.416 e. The van der Waals surface area contributed by atoms with Gasteiger partial charge in [-0.1, -0.05) is 12.1 Å². The monoisotopic (exact) mass is 434 g/mol. The van der Waals surface area contributed by atoms with Gasteiger partial charge in [0.2, 0.25) is 0 Å². The Kier molecular flexibility index (Phi) is 5.72. The first-order chi connectivity index (χ1) is 14.6. The molecule has 0 saturated carbocycles. The van der Waals surface area contributed by atoms with Crippen LogP contribution in [0.2, 0.25) is 0 Å². The van der Waals surface area contributed by atoms with Crippen molar-refractivity contribution in [1.82, 2.24) is 0 Å². The third-order valence-electron chi connectivity index (χ3n) is 4.22. The van der Waals surface area contributed by atoms with Gasteiger partial charge in [0.05, 0.1) is 21.6 Å². The molecule has 0 unspecified atom stereocenters. The van der Waals surface area contributed by atoms with E-state index in [4.69, 9.17) is 4.42 Å². The molecule has 0 saturated heterocycles. The Bertz CT molecular complexity index is 1190. The number of hydrogen-bond acceptors (Lipinski definition) is 7. The van der Waals surface area contributed by atoms with E-state index in [0.29, 0.717) is 29.0 Å². The number of nitrogens with one attached hydrogen (secondary N) is 1. The highest BCUT2D eigenvalue weighted by Gasteiger charge is 2.33. The second-order valence-electron chi connectivity index (χ2n) is 6.32. The van der Waals surface area contributed by atoms with Gasteiger partial charge in [-0.25, -0.2) is 0 Å². The molecular weight excluding hydrogens is 421 g/mol. The highest BCUT2D eigenvalue weighted by molar-refractivity contribution is 5.79. The van der Waals surface area contributed by atoms with Crippen molar-refractivity contribution >= 4 is 23.3 Å². The smallest absolute Gasteiger partial charge is 0.416 e. The normalized spacial score (nSPS) is 11.6. The topological polar surface area (TPSA) is 124 Å². The zero-order chi connectivity index (χ0) is 22.8. The Morgan fingerprint density at radius 3 is 2.35 bits per heavy atom. The van der Waals surface area contributed by atoms with Gasteiger partial charge in [-0.3, -0.25) is 25.7 Å². The first-order valence-electron chi connectivity index (χ1n) is 8.56. The molecule has 3 aromatic rings. The molecule has 0 aliphatic heterocycles. The van der Waals surface area contributed by atoms with Crippen LogP contribution in [-0.2, 0) is 6.18 Å². The molecule has 12 heteroatoms. The van der Waals surface area contributed by atoms with E-state index in [0.717, 1.165) is 12.3 Å². The van der Waals surface area contributed by atoms with Crippen molar-refractivity contribution in [2.24, 2.45) is 5.10 Å². The van der Waals surface area contributed by atoms with Gasteiger partial charge in [0.15, 0.2) is 0 Å². The quantitative estimate of drug-likeness (QED) is 0.309. The number of nitro groups is 2. The molecule has 1 aromatic heterocycles. The minimum atomic E-state index is -4.72. The summed E-state index contributed by atoms with van der Waals surface area (Å²) in [5, 5.41) is 25.9. The molecule has 0 atom stereocenters. The summed E-state index contributed by atoms with van der Waals surface area (Å²) in [7, 11) is 0. The molecule has 1 heterocycles. The van der Waals surface area contributed by atoms with E-state index in [9.17, 15) is 33.4 Å². The number of benzene rings is 2.